The van der Waals surface area contributed by atoms with Crippen molar-refractivity contribution in [3.8, 4) is 5.75 Å². The van der Waals surface area contributed by atoms with Gasteiger partial charge in [-0.05, 0) is 42.0 Å². The second kappa shape index (κ2) is 8.48. The van der Waals surface area contributed by atoms with Gasteiger partial charge >= 0.3 is 11.7 Å². The number of carbonyl (C=O) groups is 1. The molecule has 0 aliphatic rings. The molecule has 0 radical (unpaired) electrons. The fraction of sp³-hybridized carbons (Fsp3) is 0.0870. The first-order valence-electron chi connectivity index (χ1n) is 9.39. The number of carbonyl (C=O) groups excluding carboxylic acids is 1. The zero-order valence-corrected chi connectivity index (χ0v) is 16.3. The monoisotopic (exact) mass is 400 g/mol. The van der Waals surface area contributed by atoms with Crippen molar-refractivity contribution in [2.45, 2.75) is 6.54 Å². The molecule has 30 heavy (non-hydrogen) atoms. The molecule has 0 fully saturated rings. The van der Waals surface area contributed by atoms with E-state index >= 15 is 0 Å². The van der Waals surface area contributed by atoms with E-state index in [1.54, 1.807) is 31.4 Å². The number of hydrogen-bond donors (Lipinski definition) is 2. The Kier molecular flexibility index (Phi) is 5.43. The Hall–Kier alpha value is -4.13. The Bertz CT molecular complexity index is 1250. The Balaban J connectivity index is 1.74. The van der Waals surface area contributed by atoms with Crippen LogP contribution in [0.25, 0.3) is 10.9 Å². The number of hydrogen-bond acceptors (Lipinski definition) is 4. The lowest BCUT2D eigenvalue weighted by molar-refractivity contribution is 0.262. The van der Waals surface area contributed by atoms with E-state index < -0.39 is 11.7 Å². The number of benzene rings is 3. The topological polar surface area (TPSA) is 85.2 Å². The van der Waals surface area contributed by atoms with Crippen molar-refractivity contribution < 1.29 is 9.53 Å². The van der Waals surface area contributed by atoms with Crippen molar-refractivity contribution in [3.05, 3.63) is 94.9 Å². The van der Waals surface area contributed by atoms with Crippen molar-refractivity contribution in [2.75, 3.05) is 17.7 Å². The summed E-state index contributed by atoms with van der Waals surface area (Å²) >= 11 is 0. The number of nitrogens with zero attached hydrogens (tertiary/aromatic N) is 2. The van der Waals surface area contributed by atoms with E-state index in [1.165, 1.54) is 4.57 Å². The average Bonchev–Trinajstić information content (AvgIpc) is 2.77. The predicted molar refractivity (Wildman–Crippen MR) is 117 cm³/mol. The summed E-state index contributed by atoms with van der Waals surface area (Å²) in [6.07, 6.45) is 0. The molecule has 4 rings (SSSR count). The molecule has 0 aliphatic heterocycles. The third kappa shape index (κ3) is 4.15. The Morgan fingerprint density at radius 3 is 2.53 bits per heavy atom. The van der Waals surface area contributed by atoms with Gasteiger partial charge in [0.05, 0.1) is 19.2 Å². The summed E-state index contributed by atoms with van der Waals surface area (Å²) < 4.78 is 6.72. The Labute approximate surface area is 173 Å². The SMILES string of the molecule is COc1cccc(Cn2c(NC(=O)Nc3ccccc3)c3ccccc3nc2=O)c1. The van der Waals surface area contributed by atoms with E-state index in [0.29, 0.717) is 28.2 Å². The molecule has 0 aliphatic carbocycles. The standard InChI is InChI=1S/C23H20N4O3/c1-30-18-11-7-8-16(14-18)15-27-21(19-12-5-6-13-20(19)25-23(27)29)26-22(28)24-17-9-3-2-4-10-17/h2-14H,15H2,1H3,(H2,24,26,28). The van der Waals surface area contributed by atoms with E-state index in [9.17, 15) is 9.59 Å². The molecule has 4 aromatic rings. The summed E-state index contributed by atoms with van der Waals surface area (Å²) in [6.45, 7) is 0.231. The fourth-order valence-electron chi connectivity index (χ4n) is 3.20. The lowest BCUT2D eigenvalue weighted by Crippen LogP contribution is -2.30. The van der Waals surface area contributed by atoms with Crippen molar-refractivity contribution >= 4 is 28.4 Å². The number of aromatic nitrogens is 2. The molecule has 0 bridgehead atoms. The maximum absolute atomic E-state index is 12.8. The van der Waals surface area contributed by atoms with Crippen LogP contribution in [0.4, 0.5) is 16.3 Å². The van der Waals surface area contributed by atoms with Crippen LogP contribution in [-0.4, -0.2) is 22.7 Å². The van der Waals surface area contributed by atoms with Gasteiger partial charge in [-0.15, -0.1) is 0 Å². The number of fused-ring (bicyclic) bond motifs is 1. The number of ether oxygens (including phenoxy) is 1. The maximum atomic E-state index is 12.8. The summed E-state index contributed by atoms with van der Waals surface area (Å²) in [5.74, 6) is 1.06. The summed E-state index contributed by atoms with van der Waals surface area (Å²) in [5.41, 5.74) is 1.56. The molecule has 1 aromatic heterocycles. The smallest absolute Gasteiger partial charge is 0.350 e. The van der Waals surface area contributed by atoms with Gasteiger partial charge in [-0.1, -0.05) is 42.5 Å². The molecule has 0 atom stereocenters. The van der Waals surface area contributed by atoms with Crippen LogP contribution in [0, 0.1) is 0 Å². The number of para-hydroxylation sites is 2. The molecule has 0 saturated carbocycles. The molecule has 2 amide bonds. The zero-order chi connectivity index (χ0) is 20.9. The number of methoxy groups -OCH3 is 1. The van der Waals surface area contributed by atoms with Gasteiger partial charge < -0.3 is 10.1 Å². The first-order valence-corrected chi connectivity index (χ1v) is 9.39. The summed E-state index contributed by atoms with van der Waals surface area (Å²) in [6, 6.07) is 23.3. The van der Waals surface area contributed by atoms with E-state index in [4.69, 9.17) is 4.74 Å². The number of anilines is 2. The van der Waals surface area contributed by atoms with Crippen LogP contribution in [0.3, 0.4) is 0 Å². The fourth-order valence-corrected chi connectivity index (χ4v) is 3.20. The van der Waals surface area contributed by atoms with Crippen LogP contribution < -0.4 is 21.1 Å². The van der Waals surface area contributed by atoms with E-state index in [2.05, 4.69) is 15.6 Å². The minimum Gasteiger partial charge on any atom is -0.497 e. The largest absolute Gasteiger partial charge is 0.497 e. The van der Waals surface area contributed by atoms with Crippen molar-refractivity contribution in [2.24, 2.45) is 0 Å². The van der Waals surface area contributed by atoms with Gasteiger partial charge in [-0.2, -0.15) is 4.98 Å². The van der Waals surface area contributed by atoms with Crippen LogP contribution >= 0.6 is 0 Å². The predicted octanol–water partition coefficient (Wildman–Crippen LogP) is 4.10. The van der Waals surface area contributed by atoms with E-state index in [-0.39, 0.29) is 6.54 Å². The second-order valence-electron chi connectivity index (χ2n) is 6.64. The number of urea groups is 1. The van der Waals surface area contributed by atoms with Crippen molar-refractivity contribution in [3.63, 3.8) is 0 Å². The van der Waals surface area contributed by atoms with Crippen LogP contribution in [-0.2, 0) is 6.54 Å². The lowest BCUT2D eigenvalue weighted by atomic mass is 10.2. The van der Waals surface area contributed by atoms with Gasteiger partial charge in [0.1, 0.15) is 11.6 Å². The Morgan fingerprint density at radius 2 is 1.73 bits per heavy atom. The molecular formula is C23H20N4O3. The second-order valence-corrected chi connectivity index (χ2v) is 6.64. The van der Waals surface area contributed by atoms with Crippen molar-refractivity contribution in [1.82, 2.24) is 9.55 Å². The van der Waals surface area contributed by atoms with Gasteiger partial charge in [0, 0.05) is 11.1 Å². The molecule has 0 spiro atoms. The van der Waals surface area contributed by atoms with E-state index in [1.807, 2.05) is 54.6 Å². The minimum atomic E-state index is -0.452. The summed E-state index contributed by atoms with van der Waals surface area (Å²) in [5, 5.41) is 6.28. The van der Waals surface area contributed by atoms with Gasteiger partial charge in [0.2, 0.25) is 0 Å². The molecular weight excluding hydrogens is 380 g/mol. The normalized spacial score (nSPS) is 10.6. The molecule has 7 nitrogen and oxygen atoms in total. The van der Waals surface area contributed by atoms with Crippen LogP contribution in [0.2, 0.25) is 0 Å². The zero-order valence-electron chi connectivity index (χ0n) is 16.3. The molecule has 150 valence electrons. The quantitative estimate of drug-likeness (QED) is 0.528. The molecule has 3 aromatic carbocycles. The van der Waals surface area contributed by atoms with Crippen LogP contribution in [0.1, 0.15) is 5.56 Å². The molecule has 7 heteroatoms. The number of amides is 2. The van der Waals surface area contributed by atoms with Crippen LogP contribution in [0.15, 0.2) is 83.7 Å². The third-order valence-electron chi connectivity index (χ3n) is 4.61. The highest BCUT2D eigenvalue weighted by Crippen LogP contribution is 2.22. The number of nitrogens with one attached hydrogen (secondary N) is 2. The third-order valence-corrected chi connectivity index (χ3v) is 4.61. The van der Waals surface area contributed by atoms with Gasteiger partial charge in [0.25, 0.3) is 0 Å². The van der Waals surface area contributed by atoms with Gasteiger partial charge in [-0.3, -0.25) is 9.88 Å². The molecule has 2 N–H and O–H groups in total. The van der Waals surface area contributed by atoms with Crippen molar-refractivity contribution in [1.29, 1.82) is 0 Å². The highest BCUT2D eigenvalue weighted by atomic mass is 16.5. The van der Waals surface area contributed by atoms with E-state index in [0.717, 1.165) is 5.56 Å². The summed E-state index contributed by atoms with van der Waals surface area (Å²) in [7, 11) is 1.59. The molecule has 0 unspecified atom stereocenters. The highest BCUT2D eigenvalue weighted by molar-refractivity contribution is 6.04. The molecule has 1 heterocycles. The first-order chi connectivity index (χ1) is 14.6. The minimum absolute atomic E-state index is 0.231. The number of rotatable bonds is 5. The molecule has 0 saturated heterocycles. The maximum Gasteiger partial charge on any atom is 0.350 e. The first kappa shape index (κ1) is 19.2. The van der Waals surface area contributed by atoms with Gasteiger partial charge in [0.15, 0.2) is 0 Å². The summed E-state index contributed by atoms with van der Waals surface area (Å²) in [4.78, 5) is 29.6. The lowest BCUT2D eigenvalue weighted by Gasteiger charge is -2.16. The highest BCUT2D eigenvalue weighted by Gasteiger charge is 2.15. The van der Waals surface area contributed by atoms with Crippen LogP contribution in [0.5, 0.6) is 5.75 Å². The Morgan fingerprint density at radius 1 is 0.967 bits per heavy atom. The van der Waals surface area contributed by atoms with Gasteiger partial charge in [-0.25, -0.2) is 9.59 Å². The average molecular weight is 400 g/mol.